The van der Waals surface area contributed by atoms with Crippen LogP contribution in [0.2, 0.25) is 0 Å². The predicted octanol–water partition coefficient (Wildman–Crippen LogP) is 12.4. The zero-order valence-electron chi connectivity index (χ0n) is 43.0. The second-order valence-corrected chi connectivity index (χ2v) is 17.2. The van der Waals surface area contributed by atoms with E-state index in [1.54, 1.807) is 26.0 Å². The van der Waals surface area contributed by atoms with E-state index in [9.17, 15) is 35.9 Å². The molecule has 0 fully saturated rings. The number of hydrogen-bond acceptors (Lipinski definition) is 14. The Morgan fingerprint density at radius 2 is 0.986 bits per heavy atom. The summed E-state index contributed by atoms with van der Waals surface area (Å²) in [5.74, 6) is 0.348. The number of carbonyl (C=O) groups excluding carboxylic acids is 2. The number of halogens is 6. The predicted molar refractivity (Wildman–Crippen MR) is 277 cm³/mol. The molecule has 4 N–H and O–H groups in total. The van der Waals surface area contributed by atoms with Crippen LogP contribution in [-0.2, 0) is 21.8 Å². The van der Waals surface area contributed by atoms with Gasteiger partial charge >= 0.3 is 24.5 Å². The summed E-state index contributed by atoms with van der Waals surface area (Å²) in [6, 6.07) is 13.7. The number of nitrogens with zero attached hydrogens (tertiary/aromatic N) is 8. The summed E-state index contributed by atoms with van der Waals surface area (Å²) in [6.45, 7) is 22.2. The van der Waals surface area contributed by atoms with Crippen LogP contribution in [-0.4, -0.2) is 116 Å². The van der Waals surface area contributed by atoms with Crippen molar-refractivity contribution in [1.82, 2.24) is 39.7 Å². The lowest BCUT2D eigenvalue weighted by molar-refractivity contribution is -0.137. The fourth-order valence-electron chi connectivity index (χ4n) is 8.05. The molecule has 2 unspecified atom stereocenters. The fourth-order valence-corrected chi connectivity index (χ4v) is 8.05. The van der Waals surface area contributed by atoms with Gasteiger partial charge in [-0.3, -0.25) is 10.6 Å². The average molecular weight is 1040 g/mol. The van der Waals surface area contributed by atoms with Gasteiger partial charge in [-0.25, -0.2) is 39.5 Å². The average Bonchev–Trinajstić information content (AvgIpc) is 3.36. The van der Waals surface area contributed by atoms with Crippen molar-refractivity contribution in [2.75, 3.05) is 73.7 Å². The molecular formula is C52H66F6N12O4. The summed E-state index contributed by atoms with van der Waals surface area (Å²) in [6.07, 6.45) is -4.22. The fraction of sp³-hybridized carbons (Fsp3) is 0.462. The third-order valence-electron chi connectivity index (χ3n) is 11.9. The van der Waals surface area contributed by atoms with Crippen LogP contribution in [0.25, 0.3) is 44.8 Å². The Morgan fingerprint density at radius 3 is 1.43 bits per heavy atom. The standard InChI is InChI=1S/2C26H33F3N6O2/c1-5-35(6-2)14-10-11-17(4)31-20-15-22(34-25(36)37-7-3)33-24-23(20)32-21(16-30-24)18-12-8-9-13-19(18)26(27,28)29;1-5-35(6-2)14-10-11-17(4)31-20-15-22(34-25(36)37-7-3)33-24-23(20)30-16-21(32-24)18-12-8-9-13-19(18)26(27,28)29/h8-9,12-13,15-17H,5-7,10-11,14H2,1-4H3,(H2,30,31,33,34,36);8-9,12-13,15-17H,5-7,10-11,14H2,1-4H3,(H2,31,32,33,34,36). The van der Waals surface area contributed by atoms with E-state index in [0.717, 1.165) is 77.1 Å². The van der Waals surface area contributed by atoms with Crippen molar-refractivity contribution in [1.29, 1.82) is 0 Å². The van der Waals surface area contributed by atoms with Crippen molar-refractivity contribution in [3.05, 3.63) is 84.2 Å². The molecule has 0 radical (unpaired) electrons. The highest BCUT2D eigenvalue weighted by Gasteiger charge is 2.35. The minimum Gasteiger partial charge on any atom is -0.450 e. The monoisotopic (exact) mass is 1040 g/mol. The number of alkyl halides is 6. The molecule has 4 heterocycles. The lowest BCUT2D eigenvalue weighted by atomic mass is 10.0. The zero-order valence-corrected chi connectivity index (χ0v) is 43.0. The van der Waals surface area contributed by atoms with Gasteiger partial charge in [0.15, 0.2) is 11.3 Å². The number of pyridine rings is 2. The molecule has 0 saturated heterocycles. The number of rotatable bonds is 22. The SMILES string of the molecule is CCOC(=O)Nc1cc(NC(C)CCCN(CC)CC)c2nc(-c3ccccc3C(F)(F)F)cnc2n1.CCOC(=O)Nc1cc(NC(C)CCCN(CC)CC)c2ncc(-c3ccccc3C(F)(F)F)nc2n1. The lowest BCUT2D eigenvalue weighted by Crippen LogP contribution is -2.25. The number of carbonyl (C=O) groups is 2. The first-order chi connectivity index (χ1) is 35.3. The van der Waals surface area contributed by atoms with Crippen molar-refractivity contribution in [2.24, 2.45) is 0 Å². The zero-order chi connectivity index (χ0) is 54.0. The molecule has 22 heteroatoms. The van der Waals surface area contributed by atoms with Gasteiger partial charge in [-0.15, -0.1) is 0 Å². The van der Waals surface area contributed by atoms with Crippen LogP contribution < -0.4 is 21.3 Å². The Labute approximate surface area is 427 Å². The van der Waals surface area contributed by atoms with Crippen LogP contribution in [0, 0.1) is 0 Å². The van der Waals surface area contributed by atoms with Crippen LogP contribution in [0.4, 0.5) is 58.9 Å². The van der Waals surface area contributed by atoms with E-state index >= 15 is 0 Å². The van der Waals surface area contributed by atoms with Crippen molar-refractivity contribution < 1.29 is 45.4 Å². The first-order valence-corrected chi connectivity index (χ1v) is 24.9. The molecule has 6 rings (SSSR count). The van der Waals surface area contributed by atoms with Crippen LogP contribution in [0.3, 0.4) is 0 Å². The molecule has 2 amide bonds. The minimum atomic E-state index is -4.55. The Kier molecular flexibility index (Phi) is 21.4. The topological polar surface area (TPSA) is 185 Å². The molecule has 0 aliphatic carbocycles. The van der Waals surface area contributed by atoms with E-state index < -0.39 is 35.7 Å². The van der Waals surface area contributed by atoms with Crippen molar-refractivity contribution in [2.45, 2.75) is 106 Å². The molecule has 0 aliphatic heterocycles. The van der Waals surface area contributed by atoms with Crippen molar-refractivity contribution >= 4 is 57.5 Å². The first kappa shape index (κ1) is 58.0. The molecule has 0 bridgehead atoms. The van der Waals surface area contributed by atoms with Gasteiger partial charge in [-0.2, -0.15) is 26.3 Å². The van der Waals surface area contributed by atoms with Crippen LogP contribution in [0.5, 0.6) is 0 Å². The normalized spacial score (nSPS) is 12.5. The van der Waals surface area contributed by atoms with E-state index in [4.69, 9.17) is 9.47 Å². The lowest BCUT2D eigenvalue weighted by Gasteiger charge is -2.21. The summed E-state index contributed by atoms with van der Waals surface area (Å²) < 4.78 is 91.6. The smallest absolute Gasteiger partial charge is 0.417 e. The van der Waals surface area contributed by atoms with Gasteiger partial charge in [0.25, 0.3) is 0 Å². The number of anilines is 4. The van der Waals surface area contributed by atoms with Crippen molar-refractivity contribution in [3.63, 3.8) is 0 Å². The van der Waals surface area contributed by atoms with Gasteiger partial charge in [0.1, 0.15) is 22.7 Å². The summed E-state index contributed by atoms with van der Waals surface area (Å²) in [7, 11) is 0. The third kappa shape index (κ3) is 16.5. The number of hydrogen-bond donors (Lipinski definition) is 4. The van der Waals surface area contributed by atoms with E-state index in [1.165, 1.54) is 48.8 Å². The number of ether oxygens (including phenoxy) is 2. The number of benzene rings is 2. The summed E-state index contributed by atoms with van der Waals surface area (Å²) in [4.78, 5) is 55.0. The van der Waals surface area contributed by atoms with Crippen LogP contribution in [0.1, 0.15) is 92.2 Å². The maximum atomic E-state index is 13.6. The van der Waals surface area contributed by atoms with Gasteiger partial charge in [0.05, 0.1) is 59.5 Å². The quantitative estimate of drug-likeness (QED) is 0.0471. The maximum absolute atomic E-state index is 13.6. The van der Waals surface area contributed by atoms with Gasteiger partial charge in [-0.05, 0) is 105 Å². The van der Waals surface area contributed by atoms with Gasteiger partial charge in [-0.1, -0.05) is 64.1 Å². The van der Waals surface area contributed by atoms with E-state index in [0.29, 0.717) is 22.4 Å². The highest BCUT2D eigenvalue weighted by molar-refractivity contribution is 5.93. The molecule has 6 aromatic rings. The third-order valence-corrected chi connectivity index (χ3v) is 11.9. The van der Waals surface area contributed by atoms with Crippen LogP contribution >= 0.6 is 0 Å². The molecular weight excluding hydrogens is 971 g/mol. The number of nitrogens with one attached hydrogen (secondary N) is 4. The Bertz CT molecular complexity index is 2770. The Morgan fingerprint density at radius 1 is 0.568 bits per heavy atom. The summed E-state index contributed by atoms with van der Waals surface area (Å²) in [5.41, 5.74) is 0.359. The maximum Gasteiger partial charge on any atom is 0.417 e. The van der Waals surface area contributed by atoms with E-state index in [-0.39, 0.29) is 70.7 Å². The summed E-state index contributed by atoms with van der Waals surface area (Å²) >= 11 is 0. The molecule has 0 aliphatic rings. The molecule has 400 valence electrons. The summed E-state index contributed by atoms with van der Waals surface area (Å²) in [5, 5.41) is 11.9. The molecule has 0 spiro atoms. The number of fused-ring (bicyclic) bond motifs is 2. The van der Waals surface area contributed by atoms with Crippen molar-refractivity contribution in [3.8, 4) is 22.5 Å². The molecule has 0 saturated carbocycles. The minimum absolute atomic E-state index is 0.0181. The molecule has 16 nitrogen and oxygen atoms in total. The molecule has 74 heavy (non-hydrogen) atoms. The highest BCUT2D eigenvalue weighted by Crippen LogP contribution is 2.38. The Balaban J connectivity index is 0.000000274. The van der Waals surface area contributed by atoms with E-state index in [1.807, 2.05) is 13.8 Å². The number of aromatic nitrogens is 6. The first-order valence-electron chi connectivity index (χ1n) is 24.9. The van der Waals surface area contributed by atoms with Gasteiger partial charge in [0.2, 0.25) is 0 Å². The van der Waals surface area contributed by atoms with Gasteiger partial charge < -0.3 is 29.9 Å². The highest BCUT2D eigenvalue weighted by atomic mass is 19.4. The molecule has 4 aromatic heterocycles. The largest absolute Gasteiger partial charge is 0.450 e. The number of amides is 2. The van der Waals surface area contributed by atoms with E-state index in [2.05, 4.69) is 88.7 Å². The molecule has 2 aromatic carbocycles. The van der Waals surface area contributed by atoms with Gasteiger partial charge in [0, 0.05) is 35.3 Å². The molecule has 2 atom stereocenters. The second kappa shape index (κ2) is 27.4. The second-order valence-electron chi connectivity index (χ2n) is 17.2. The Hall–Kier alpha value is -6.94. The van der Waals surface area contributed by atoms with Crippen LogP contribution in [0.15, 0.2) is 73.1 Å².